The molecule has 280 valence electrons. The fourth-order valence-electron chi connectivity index (χ4n) is 8.44. The lowest BCUT2D eigenvalue weighted by Gasteiger charge is -2.19. The van der Waals surface area contributed by atoms with Crippen molar-refractivity contribution in [2.45, 2.75) is 11.7 Å². The highest BCUT2D eigenvalue weighted by atomic mass is 32.2. The Hall–Kier alpha value is -6.93. The maximum Gasteiger partial charge on any atom is 0.0379 e. The summed E-state index contributed by atoms with van der Waals surface area (Å²) in [5, 5.41) is 5.46. The van der Waals surface area contributed by atoms with E-state index >= 15 is 0 Å². The highest BCUT2D eigenvalue weighted by Gasteiger charge is 2.21. The molecule has 0 saturated heterocycles. The summed E-state index contributed by atoms with van der Waals surface area (Å²) in [7, 11) is 0. The Morgan fingerprint density at radius 2 is 0.797 bits per heavy atom. The molecule has 9 aromatic carbocycles. The first-order valence-electron chi connectivity index (χ1n) is 20.4. The van der Waals surface area contributed by atoms with Crippen LogP contribution in [0.15, 0.2) is 212 Å². The van der Waals surface area contributed by atoms with Gasteiger partial charge in [0.1, 0.15) is 0 Å². The lowest BCUT2D eigenvalue weighted by molar-refractivity contribution is 0.991. The van der Waals surface area contributed by atoms with Gasteiger partial charge >= 0.3 is 0 Å². The summed E-state index contributed by atoms with van der Waals surface area (Å²) in [5.41, 5.74) is 14.8. The number of thioether (sulfide) groups is 1. The molecule has 0 saturated carbocycles. The fourth-order valence-corrected chi connectivity index (χ4v) is 9.69. The van der Waals surface area contributed by atoms with Gasteiger partial charge in [-0.25, -0.2) is 0 Å². The first-order valence-corrected chi connectivity index (χ1v) is 21.3. The first kappa shape index (κ1) is 36.4. The lowest BCUT2D eigenvalue weighted by Crippen LogP contribution is -1.92. The molecule has 1 aliphatic rings. The van der Waals surface area contributed by atoms with Crippen molar-refractivity contribution in [3.8, 4) is 33.4 Å². The Morgan fingerprint density at radius 3 is 1.39 bits per heavy atom. The third-order valence-corrected chi connectivity index (χ3v) is 12.8. The molecule has 0 nitrogen and oxygen atoms in total. The Bertz CT molecular complexity index is 3010. The molecule has 0 radical (unpaired) electrons. The SMILES string of the molecule is C1=C(c2ccc(-c3ccc4c(-c5cccc(/C=C/c6ccccc6)c5)c5ccccc5c(-c5cccc(/C=C/c6ccccc6)c5)c4c3)cc2)SC(c2ccccc2)C1. The van der Waals surface area contributed by atoms with Crippen molar-refractivity contribution in [2.75, 3.05) is 0 Å². The van der Waals surface area contributed by atoms with Gasteiger partial charge in [-0.2, -0.15) is 0 Å². The van der Waals surface area contributed by atoms with Gasteiger partial charge in [0.15, 0.2) is 0 Å². The van der Waals surface area contributed by atoms with Crippen LogP contribution in [-0.4, -0.2) is 0 Å². The van der Waals surface area contributed by atoms with Crippen molar-refractivity contribution >= 4 is 62.5 Å². The van der Waals surface area contributed by atoms with E-state index in [1.165, 1.54) is 93.2 Å². The summed E-state index contributed by atoms with van der Waals surface area (Å²) < 4.78 is 0. The highest BCUT2D eigenvalue weighted by molar-refractivity contribution is 8.08. The highest BCUT2D eigenvalue weighted by Crippen LogP contribution is 2.49. The van der Waals surface area contributed by atoms with Crippen LogP contribution in [0.1, 0.15) is 45.1 Å². The van der Waals surface area contributed by atoms with E-state index in [4.69, 9.17) is 0 Å². The Kier molecular flexibility index (Phi) is 10.2. The van der Waals surface area contributed by atoms with E-state index in [2.05, 4.69) is 237 Å². The third kappa shape index (κ3) is 7.74. The van der Waals surface area contributed by atoms with Crippen molar-refractivity contribution < 1.29 is 0 Å². The van der Waals surface area contributed by atoms with E-state index in [1.54, 1.807) is 0 Å². The molecule has 0 amide bonds. The maximum absolute atomic E-state index is 2.43. The van der Waals surface area contributed by atoms with Crippen molar-refractivity contribution in [3.63, 3.8) is 0 Å². The largest absolute Gasteiger partial charge is 0.117 e. The van der Waals surface area contributed by atoms with Crippen LogP contribution in [0.4, 0.5) is 0 Å². The summed E-state index contributed by atoms with van der Waals surface area (Å²) in [6, 6.07) is 75.1. The molecule has 0 bridgehead atoms. The van der Waals surface area contributed by atoms with Gasteiger partial charge in [-0.3, -0.25) is 0 Å². The Labute approximate surface area is 351 Å². The topological polar surface area (TPSA) is 0 Å². The van der Waals surface area contributed by atoms with Gasteiger partial charge in [0.05, 0.1) is 0 Å². The van der Waals surface area contributed by atoms with Crippen LogP contribution in [0.3, 0.4) is 0 Å². The molecule has 10 rings (SSSR count). The van der Waals surface area contributed by atoms with Crippen LogP contribution in [-0.2, 0) is 0 Å². The van der Waals surface area contributed by atoms with Crippen molar-refractivity contribution in [1.82, 2.24) is 0 Å². The molecule has 0 N–H and O–H groups in total. The van der Waals surface area contributed by atoms with E-state index in [1.807, 2.05) is 11.8 Å². The summed E-state index contributed by atoms with van der Waals surface area (Å²) in [6.07, 6.45) is 12.3. The zero-order valence-electron chi connectivity index (χ0n) is 32.7. The monoisotopic (exact) mass is 770 g/mol. The molecular formula is C58H42S. The van der Waals surface area contributed by atoms with Gasteiger partial charge in [0.25, 0.3) is 0 Å². The van der Waals surface area contributed by atoms with Crippen molar-refractivity contribution in [3.05, 3.63) is 246 Å². The summed E-state index contributed by atoms with van der Waals surface area (Å²) >= 11 is 1.98. The van der Waals surface area contributed by atoms with E-state index < -0.39 is 0 Å². The van der Waals surface area contributed by atoms with Crippen LogP contribution in [0.5, 0.6) is 0 Å². The van der Waals surface area contributed by atoms with Gasteiger partial charge in [-0.15, -0.1) is 11.8 Å². The average Bonchev–Trinajstić information content (AvgIpc) is 3.81. The Morgan fingerprint density at radius 1 is 0.339 bits per heavy atom. The van der Waals surface area contributed by atoms with Crippen LogP contribution >= 0.6 is 11.8 Å². The van der Waals surface area contributed by atoms with E-state index in [9.17, 15) is 0 Å². The number of fused-ring (bicyclic) bond motifs is 2. The molecule has 0 aromatic heterocycles. The number of hydrogen-bond acceptors (Lipinski definition) is 1. The number of allylic oxidation sites excluding steroid dienone is 1. The molecular weight excluding hydrogens is 729 g/mol. The van der Waals surface area contributed by atoms with E-state index in [-0.39, 0.29) is 0 Å². The summed E-state index contributed by atoms with van der Waals surface area (Å²) in [4.78, 5) is 1.37. The zero-order chi connectivity index (χ0) is 39.4. The Balaban J connectivity index is 1.10. The second-order valence-electron chi connectivity index (χ2n) is 15.2. The van der Waals surface area contributed by atoms with Crippen molar-refractivity contribution in [1.29, 1.82) is 0 Å². The van der Waals surface area contributed by atoms with Crippen LogP contribution in [0.2, 0.25) is 0 Å². The molecule has 1 aliphatic heterocycles. The van der Waals surface area contributed by atoms with Gasteiger partial charge < -0.3 is 0 Å². The van der Waals surface area contributed by atoms with Crippen LogP contribution in [0, 0.1) is 0 Å². The smallest absolute Gasteiger partial charge is 0.0379 e. The lowest BCUT2D eigenvalue weighted by atomic mass is 9.84. The van der Waals surface area contributed by atoms with Crippen molar-refractivity contribution in [2.24, 2.45) is 0 Å². The van der Waals surface area contributed by atoms with E-state index in [0.29, 0.717) is 5.25 Å². The molecule has 59 heavy (non-hydrogen) atoms. The van der Waals surface area contributed by atoms with Gasteiger partial charge in [-0.05, 0) is 113 Å². The summed E-state index contributed by atoms with van der Waals surface area (Å²) in [5.74, 6) is 0. The minimum Gasteiger partial charge on any atom is -0.117 e. The predicted octanol–water partition coefficient (Wildman–Crippen LogP) is 16.6. The van der Waals surface area contributed by atoms with Gasteiger partial charge in [-0.1, -0.05) is 218 Å². The molecule has 9 aromatic rings. The standard InChI is InChI=1S/C58H42S/c1-4-14-41(15-5-1)26-28-43-18-12-22-49(38-43)57-51-24-10-11-25-52(51)58(50-23-13-19-44(39-50)29-27-42-16-6-2-7-17-42)54-40-48(34-35-53(54)57)45-30-32-47(33-31-45)56-37-36-55(59-56)46-20-8-3-9-21-46/h1-35,37-40,55H,36H2/b28-26+,29-27+. The molecule has 1 unspecified atom stereocenters. The quantitative estimate of drug-likeness (QED) is 0.104. The number of benzene rings is 9. The maximum atomic E-state index is 2.43. The fraction of sp³-hybridized carbons (Fsp3) is 0.0345. The second kappa shape index (κ2) is 16.5. The number of rotatable bonds is 9. The molecule has 1 heterocycles. The molecule has 1 atom stereocenters. The normalized spacial score (nSPS) is 14.1. The van der Waals surface area contributed by atoms with Crippen LogP contribution in [0.25, 0.3) is 84.1 Å². The zero-order valence-corrected chi connectivity index (χ0v) is 33.5. The molecule has 0 aliphatic carbocycles. The summed E-state index contributed by atoms with van der Waals surface area (Å²) in [6.45, 7) is 0. The first-order chi connectivity index (χ1) is 29.2. The average molecular weight is 771 g/mol. The van der Waals surface area contributed by atoms with Gasteiger partial charge in [0, 0.05) is 10.2 Å². The van der Waals surface area contributed by atoms with E-state index in [0.717, 1.165) is 6.42 Å². The molecule has 0 fully saturated rings. The predicted molar refractivity (Wildman–Crippen MR) is 258 cm³/mol. The second-order valence-corrected chi connectivity index (χ2v) is 16.4. The van der Waals surface area contributed by atoms with Crippen LogP contribution < -0.4 is 0 Å². The minimum absolute atomic E-state index is 0.474. The molecule has 1 heteroatoms. The minimum atomic E-state index is 0.474. The van der Waals surface area contributed by atoms with Gasteiger partial charge in [0.2, 0.25) is 0 Å². The third-order valence-electron chi connectivity index (χ3n) is 11.4. The molecule has 0 spiro atoms. The number of hydrogen-bond donors (Lipinski definition) is 0.